The van der Waals surface area contributed by atoms with Gasteiger partial charge in [0.2, 0.25) is 0 Å². The number of aryl methyl sites for hydroxylation is 3. The quantitative estimate of drug-likeness (QED) is 0.0627. The third kappa shape index (κ3) is 15.6. The molecule has 3 aliphatic heterocycles. The molecule has 0 saturated heterocycles. The fraction of sp³-hybridized carbons (Fsp3) is 0.286. The molecule has 4 heteroatoms. The predicted molar refractivity (Wildman–Crippen MR) is 287 cm³/mol. The minimum absolute atomic E-state index is 0. The first-order chi connectivity index (χ1) is 32.6. The van der Waals surface area contributed by atoms with Crippen molar-refractivity contribution >= 4 is 35.3 Å². The zero-order valence-corrected chi connectivity index (χ0v) is 42.7. The Hall–Kier alpha value is -5.80. The molecule has 6 aromatic rings. The fourth-order valence-electron chi connectivity index (χ4n) is 8.65. The molecular formula is C63H72IrN3. The normalized spacial score (nSPS) is 12.7. The molecule has 3 heterocycles. The number of unbranched alkanes of at least 4 members (excludes halogenated alkanes) is 9. The molecule has 3 nitrogen and oxygen atoms in total. The number of benzene rings is 6. The van der Waals surface area contributed by atoms with Crippen molar-refractivity contribution in [3.8, 4) is 0 Å². The van der Waals surface area contributed by atoms with E-state index < -0.39 is 0 Å². The van der Waals surface area contributed by atoms with Gasteiger partial charge in [-0.25, -0.2) is 0 Å². The third-order valence-electron chi connectivity index (χ3n) is 12.7. The number of fused-ring (bicyclic) bond motifs is 3. The molecule has 0 fully saturated rings. The van der Waals surface area contributed by atoms with Gasteiger partial charge < -0.3 is 14.7 Å². The van der Waals surface area contributed by atoms with Gasteiger partial charge in [0.05, 0.1) is 0 Å². The van der Waals surface area contributed by atoms with E-state index in [4.69, 9.17) is 0 Å². The summed E-state index contributed by atoms with van der Waals surface area (Å²) in [6.07, 6.45) is 32.4. The maximum atomic E-state index is 2.27. The molecule has 0 N–H and O–H groups in total. The molecular weight excluding hydrogens is 991 g/mol. The van der Waals surface area contributed by atoms with E-state index in [1.807, 2.05) is 0 Å². The van der Waals surface area contributed by atoms with E-state index in [1.165, 1.54) is 163 Å². The molecule has 0 bridgehead atoms. The summed E-state index contributed by atoms with van der Waals surface area (Å²) >= 11 is 0. The Bertz CT molecular complexity index is 2150. The van der Waals surface area contributed by atoms with Gasteiger partial charge in [-0.3, -0.25) is 0 Å². The van der Waals surface area contributed by atoms with E-state index in [0.29, 0.717) is 0 Å². The van der Waals surface area contributed by atoms with Gasteiger partial charge in [-0.2, -0.15) is 34.9 Å². The first-order valence-corrected chi connectivity index (χ1v) is 25.1. The molecule has 0 aliphatic carbocycles. The molecule has 67 heavy (non-hydrogen) atoms. The molecule has 0 saturated carbocycles. The number of hydrogen-bond acceptors (Lipinski definition) is 3. The van der Waals surface area contributed by atoms with E-state index in [9.17, 15) is 0 Å². The molecule has 0 unspecified atom stereocenters. The minimum atomic E-state index is 0. The van der Waals surface area contributed by atoms with Crippen LogP contribution in [0.1, 0.15) is 148 Å². The Balaban J connectivity index is 0.000000165. The number of nitrogens with zero attached hydrogens (tertiary/aromatic N) is 3. The third-order valence-corrected chi connectivity index (χ3v) is 12.7. The molecule has 0 radical (unpaired) electrons. The molecule has 3 aliphatic rings. The van der Waals surface area contributed by atoms with Crippen molar-refractivity contribution in [2.45, 2.75) is 117 Å². The Morgan fingerprint density at radius 1 is 0.313 bits per heavy atom. The summed E-state index contributed by atoms with van der Waals surface area (Å²) in [5.41, 5.74) is 15.7. The van der Waals surface area contributed by atoms with Crippen molar-refractivity contribution < 1.29 is 20.1 Å². The predicted octanol–water partition coefficient (Wildman–Crippen LogP) is 17.4. The van der Waals surface area contributed by atoms with Gasteiger partial charge in [-0.1, -0.05) is 171 Å². The topological polar surface area (TPSA) is 9.72 Å². The average Bonchev–Trinajstić information content (AvgIpc) is 3.38. The van der Waals surface area contributed by atoms with Crippen molar-refractivity contribution in [2.75, 3.05) is 14.7 Å². The molecule has 0 amide bonds. The van der Waals surface area contributed by atoms with Crippen LogP contribution in [-0.2, 0) is 39.4 Å². The van der Waals surface area contributed by atoms with Crippen LogP contribution in [-0.4, -0.2) is 0 Å². The fourth-order valence-corrected chi connectivity index (χ4v) is 8.65. The van der Waals surface area contributed by atoms with Crippen LogP contribution in [0.3, 0.4) is 0 Å². The largest absolute Gasteiger partial charge is 3.00 e. The zero-order chi connectivity index (χ0) is 45.6. The first kappa shape index (κ1) is 50.6. The van der Waals surface area contributed by atoms with Crippen LogP contribution in [0.25, 0.3) is 18.2 Å². The standard InChI is InChI=1S/3C21H24N.Ir/c3*1-2-3-4-5-8-18-11-13-21(14-12-18)22-16-15-19-9-6-7-10-20(19)17-22;/h3*6-7,9-17H,2-5,8H2,1H3;/q3*-1;+3. The summed E-state index contributed by atoms with van der Waals surface area (Å²) in [6.45, 7) is 13.4. The van der Waals surface area contributed by atoms with E-state index in [2.05, 4.69) is 238 Å². The van der Waals surface area contributed by atoms with Gasteiger partial charge in [-0.05, 0) is 110 Å². The Labute approximate surface area is 418 Å². The number of hydrogen-bond donors (Lipinski definition) is 0. The molecule has 348 valence electrons. The van der Waals surface area contributed by atoms with Gasteiger partial charge in [-0.15, -0.1) is 53.1 Å². The van der Waals surface area contributed by atoms with Crippen LogP contribution < -0.4 is 14.7 Å². The van der Waals surface area contributed by atoms with Crippen LogP contribution in [0.5, 0.6) is 0 Å². The maximum absolute atomic E-state index is 2.27. The molecule has 9 rings (SSSR count). The van der Waals surface area contributed by atoms with Crippen LogP contribution >= 0.6 is 0 Å². The summed E-state index contributed by atoms with van der Waals surface area (Å²) < 4.78 is 0. The number of rotatable bonds is 18. The van der Waals surface area contributed by atoms with E-state index >= 15 is 0 Å². The summed E-state index contributed by atoms with van der Waals surface area (Å²) in [5, 5.41) is 0. The van der Waals surface area contributed by atoms with Crippen molar-refractivity contribution in [3.63, 3.8) is 0 Å². The zero-order valence-electron chi connectivity index (χ0n) is 40.3. The smallest absolute Gasteiger partial charge is 0.379 e. The van der Waals surface area contributed by atoms with E-state index in [0.717, 1.165) is 0 Å². The van der Waals surface area contributed by atoms with Gasteiger partial charge in [0.1, 0.15) is 0 Å². The van der Waals surface area contributed by atoms with Crippen LogP contribution in [0.2, 0.25) is 0 Å². The van der Waals surface area contributed by atoms with Crippen LogP contribution in [0.15, 0.2) is 164 Å². The van der Waals surface area contributed by atoms with Crippen molar-refractivity contribution in [3.05, 3.63) is 234 Å². The second-order valence-corrected chi connectivity index (χ2v) is 17.9. The second kappa shape index (κ2) is 27.7. The van der Waals surface area contributed by atoms with Gasteiger partial charge in [0.25, 0.3) is 0 Å². The molecule has 6 aromatic carbocycles. The van der Waals surface area contributed by atoms with Gasteiger partial charge >= 0.3 is 20.1 Å². The van der Waals surface area contributed by atoms with Crippen LogP contribution in [0.4, 0.5) is 17.1 Å². The van der Waals surface area contributed by atoms with Crippen molar-refractivity contribution in [1.29, 1.82) is 0 Å². The van der Waals surface area contributed by atoms with E-state index in [-0.39, 0.29) is 20.1 Å². The first-order valence-electron chi connectivity index (χ1n) is 25.1. The molecule has 0 atom stereocenters. The number of anilines is 3. The molecule has 0 spiro atoms. The summed E-state index contributed by atoms with van der Waals surface area (Å²) in [6, 6.07) is 52.4. The molecule has 0 aromatic heterocycles. The Morgan fingerprint density at radius 3 is 0.851 bits per heavy atom. The summed E-state index contributed by atoms with van der Waals surface area (Å²) in [4.78, 5) is 6.59. The summed E-state index contributed by atoms with van der Waals surface area (Å²) in [5.74, 6) is 0. The SMILES string of the molecule is CCCCCCc1ccc(N2C=Cc3ccccc3[CH-]2)cc1.CCCCCCc1ccc(N2C=Cc3ccccc3[CH-]2)cc1.CCCCCCc1ccc(N2C=Cc3ccccc3[CH-]2)cc1.[Ir+3]. The van der Waals surface area contributed by atoms with Crippen molar-refractivity contribution in [2.24, 2.45) is 0 Å². The Kier molecular flexibility index (Phi) is 21.0. The second-order valence-electron chi connectivity index (χ2n) is 17.9. The maximum Gasteiger partial charge on any atom is 3.00 e. The van der Waals surface area contributed by atoms with Gasteiger partial charge in [0.15, 0.2) is 0 Å². The minimum Gasteiger partial charge on any atom is -0.379 e. The average molecular weight is 1060 g/mol. The van der Waals surface area contributed by atoms with Crippen LogP contribution in [0, 0.1) is 19.6 Å². The van der Waals surface area contributed by atoms with E-state index in [1.54, 1.807) is 0 Å². The Morgan fingerprint density at radius 2 is 0.582 bits per heavy atom. The van der Waals surface area contributed by atoms with Crippen molar-refractivity contribution in [1.82, 2.24) is 0 Å². The summed E-state index contributed by atoms with van der Waals surface area (Å²) in [7, 11) is 0. The van der Waals surface area contributed by atoms with Gasteiger partial charge in [0, 0.05) is 17.1 Å². The monoisotopic (exact) mass is 1060 g/mol.